The molecule has 0 bridgehead atoms. The molecule has 7 heteroatoms. The monoisotopic (exact) mass is 279 g/mol. The molecule has 0 N–H and O–H groups in total. The summed E-state index contributed by atoms with van der Waals surface area (Å²) in [6.07, 6.45) is -4.44. The Hall–Kier alpha value is -1.24. The normalized spacial score (nSPS) is 12.5. The van der Waals surface area contributed by atoms with Gasteiger partial charge in [-0.3, -0.25) is 10.1 Å². The van der Waals surface area contributed by atoms with Gasteiger partial charge in [0, 0.05) is 23.7 Å². The topological polar surface area (TPSA) is 43.1 Å². The Balaban J connectivity index is 2.90. The zero-order chi connectivity index (χ0) is 14.0. The molecule has 0 amide bonds. The summed E-state index contributed by atoms with van der Waals surface area (Å²) in [4.78, 5) is 10.2. The van der Waals surface area contributed by atoms with Crippen molar-refractivity contribution in [2.75, 3.05) is 5.75 Å². The van der Waals surface area contributed by atoms with Gasteiger partial charge in [-0.1, -0.05) is 12.1 Å². The second-order valence-corrected chi connectivity index (χ2v) is 5.37. The van der Waals surface area contributed by atoms with Crippen molar-refractivity contribution in [1.82, 2.24) is 0 Å². The highest BCUT2D eigenvalue weighted by Gasteiger charge is 2.35. The van der Waals surface area contributed by atoms with Gasteiger partial charge in [0.15, 0.2) is 0 Å². The van der Waals surface area contributed by atoms with Crippen LogP contribution in [0.1, 0.15) is 19.4 Å². The van der Waals surface area contributed by atoms with Crippen molar-refractivity contribution in [3.8, 4) is 0 Å². The van der Waals surface area contributed by atoms with E-state index >= 15 is 0 Å². The van der Waals surface area contributed by atoms with Gasteiger partial charge in [0.1, 0.15) is 0 Å². The Morgan fingerprint density at radius 2 is 1.83 bits per heavy atom. The molecule has 0 aliphatic rings. The number of nitro groups is 1. The van der Waals surface area contributed by atoms with Crippen LogP contribution >= 0.6 is 11.8 Å². The van der Waals surface area contributed by atoms with Crippen molar-refractivity contribution in [3.63, 3.8) is 0 Å². The molecule has 0 aromatic heterocycles. The molecule has 0 radical (unpaired) electrons. The van der Waals surface area contributed by atoms with Crippen molar-refractivity contribution in [3.05, 3.63) is 39.9 Å². The molecule has 0 aliphatic carbocycles. The molecule has 18 heavy (non-hydrogen) atoms. The van der Waals surface area contributed by atoms with Gasteiger partial charge < -0.3 is 0 Å². The maximum absolute atomic E-state index is 12.7. The summed E-state index contributed by atoms with van der Waals surface area (Å²) in [5.41, 5.74) is -2.02. The second-order valence-electron chi connectivity index (χ2n) is 4.35. The third kappa shape index (κ3) is 3.63. The molecule has 0 saturated heterocycles. The summed E-state index contributed by atoms with van der Waals surface area (Å²) >= 11 is 0.848. The molecule has 1 aromatic rings. The first kappa shape index (κ1) is 14.8. The predicted octanol–water partition coefficient (Wildman–Crippen LogP) is 3.85. The average molecular weight is 279 g/mol. The van der Waals surface area contributed by atoms with Crippen LogP contribution in [0.15, 0.2) is 29.2 Å². The van der Waals surface area contributed by atoms with E-state index in [1.165, 1.54) is 32.0 Å². The summed E-state index contributed by atoms with van der Waals surface area (Å²) in [6.45, 7) is 2.77. The molecule has 0 spiro atoms. The van der Waals surface area contributed by atoms with E-state index in [0.29, 0.717) is 0 Å². The van der Waals surface area contributed by atoms with E-state index in [2.05, 4.69) is 0 Å². The van der Waals surface area contributed by atoms with Crippen LogP contribution in [0.25, 0.3) is 0 Å². The van der Waals surface area contributed by atoms with E-state index in [1.807, 2.05) is 0 Å². The maximum Gasteiger partial charge on any atom is 0.417 e. The third-order valence-corrected chi connectivity index (χ3v) is 3.79. The largest absolute Gasteiger partial charge is 0.417 e. The van der Waals surface area contributed by atoms with Crippen molar-refractivity contribution in [1.29, 1.82) is 0 Å². The van der Waals surface area contributed by atoms with Gasteiger partial charge in [0.25, 0.3) is 0 Å². The third-order valence-electron chi connectivity index (χ3n) is 2.27. The van der Waals surface area contributed by atoms with Gasteiger partial charge in [0.05, 0.1) is 11.3 Å². The zero-order valence-electron chi connectivity index (χ0n) is 9.82. The van der Waals surface area contributed by atoms with Crippen LogP contribution in [-0.4, -0.2) is 16.2 Å². The number of hydrogen-bond acceptors (Lipinski definition) is 3. The molecule has 0 atom stereocenters. The summed E-state index contributed by atoms with van der Waals surface area (Å²) in [7, 11) is 0. The van der Waals surface area contributed by atoms with E-state index in [9.17, 15) is 23.3 Å². The molecule has 0 heterocycles. The number of rotatable bonds is 4. The predicted molar refractivity (Wildman–Crippen MR) is 63.2 cm³/mol. The SMILES string of the molecule is CC(C)(CSc1ccccc1C(F)(F)F)[N+](=O)[O-]. The highest BCUT2D eigenvalue weighted by atomic mass is 32.2. The Labute approximate surface area is 107 Å². The average Bonchev–Trinajstić information content (AvgIpc) is 2.25. The van der Waals surface area contributed by atoms with E-state index in [0.717, 1.165) is 17.8 Å². The van der Waals surface area contributed by atoms with Crippen LogP contribution in [0.3, 0.4) is 0 Å². The molecule has 0 unspecified atom stereocenters. The second kappa shape index (κ2) is 5.17. The smallest absolute Gasteiger partial charge is 0.264 e. The lowest BCUT2D eigenvalue weighted by molar-refractivity contribution is -0.553. The molecule has 1 aromatic carbocycles. The Bertz CT molecular complexity index is 446. The fraction of sp³-hybridized carbons (Fsp3) is 0.455. The van der Waals surface area contributed by atoms with Gasteiger partial charge in [-0.15, -0.1) is 11.8 Å². The van der Waals surface area contributed by atoms with E-state index < -0.39 is 22.2 Å². The number of benzene rings is 1. The van der Waals surface area contributed by atoms with E-state index in [4.69, 9.17) is 0 Å². The van der Waals surface area contributed by atoms with E-state index in [-0.39, 0.29) is 10.6 Å². The number of nitrogens with zero attached hydrogens (tertiary/aromatic N) is 1. The summed E-state index contributed by atoms with van der Waals surface area (Å²) in [5, 5.41) is 10.7. The first-order valence-electron chi connectivity index (χ1n) is 5.08. The molecule has 100 valence electrons. The summed E-state index contributed by atoms with van der Waals surface area (Å²) in [6, 6.07) is 5.08. The fourth-order valence-corrected chi connectivity index (χ4v) is 2.26. The lowest BCUT2D eigenvalue weighted by Crippen LogP contribution is -2.33. The van der Waals surface area contributed by atoms with Gasteiger partial charge in [-0.05, 0) is 12.1 Å². The maximum atomic E-state index is 12.7. The van der Waals surface area contributed by atoms with Crippen molar-refractivity contribution in [2.24, 2.45) is 0 Å². The quantitative estimate of drug-likeness (QED) is 0.477. The highest BCUT2D eigenvalue weighted by Crippen LogP contribution is 2.37. The molecule has 1 rings (SSSR count). The first-order valence-corrected chi connectivity index (χ1v) is 6.07. The molecular formula is C11H12F3NO2S. The molecule has 3 nitrogen and oxygen atoms in total. The van der Waals surface area contributed by atoms with Gasteiger partial charge in [-0.2, -0.15) is 13.2 Å². The number of alkyl halides is 3. The van der Waals surface area contributed by atoms with E-state index in [1.54, 1.807) is 0 Å². The Morgan fingerprint density at radius 3 is 2.33 bits per heavy atom. The minimum atomic E-state index is -4.44. The molecule has 0 saturated carbocycles. The lowest BCUT2D eigenvalue weighted by Gasteiger charge is -2.17. The van der Waals surface area contributed by atoms with Gasteiger partial charge in [0.2, 0.25) is 5.54 Å². The number of thioether (sulfide) groups is 1. The van der Waals surface area contributed by atoms with Crippen molar-refractivity contribution in [2.45, 2.75) is 30.5 Å². The lowest BCUT2D eigenvalue weighted by atomic mass is 10.1. The number of halogens is 3. The molecular weight excluding hydrogens is 267 g/mol. The molecule has 0 aliphatic heterocycles. The van der Waals surface area contributed by atoms with Crippen LogP contribution in [-0.2, 0) is 6.18 Å². The first-order chi connectivity index (χ1) is 8.14. The standard InChI is InChI=1S/C11H12F3NO2S/c1-10(2,15(16)17)7-18-9-6-4-3-5-8(9)11(12,13)14/h3-6H,7H2,1-2H3. The van der Waals surface area contributed by atoms with Crippen molar-refractivity contribution >= 4 is 11.8 Å². The van der Waals surface area contributed by atoms with Gasteiger partial charge >= 0.3 is 6.18 Å². The van der Waals surface area contributed by atoms with Crippen LogP contribution in [0.4, 0.5) is 13.2 Å². The Kier molecular flexibility index (Phi) is 4.26. The fourth-order valence-electron chi connectivity index (χ4n) is 1.13. The number of hydrogen-bond donors (Lipinski definition) is 0. The summed E-state index contributed by atoms with van der Waals surface area (Å²) < 4.78 is 38.0. The van der Waals surface area contributed by atoms with Crippen LogP contribution < -0.4 is 0 Å². The molecule has 0 fully saturated rings. The minimum Gasteiger partial charge on any atom is -0.264 e. The minimum absolute atomic E-state index is 0.0138. The Morgan fingerprint density at radius 1 is 1.28 bits per heavy atom. The van der Waals surface area contributed by atoms with Crippen molar-refractivity contribution < 1.29 is 18.1 Å². The van der Waals surface area contributed by atoms with Crippen LogP contribution in [0, 0.1) is 10.1 Å². The summed E-state index contributed by atoms with van der Waals surface area (Å²) in [5.74, 6) is -0.0207. The van der Waals surface area contributed by atoms with Gasteiger partial charge in [-0.25, -0.2) is 0 Å². The van der Waals surface area contributed by atoms with Crippen LogP contribution in [0.5, 0.6) is 0 Å². The zero-order valence-corrected chi connectivity index (χ0v) is 10.6. The highest BCUT2D eigenvalue weighted by molar-refractivity contribution is 7.99. The van der Waals surface area contributed by atoms with Crippen LogP contribution in [0.2, 0.25) is 0 Å².